The quantitative estimate of drug-likeness (QED) is 0.261. The number of hydrogen-bond donors (Lipinski definition) is 2. The van der Waals surface area contributed by atoms with Crippen LogP contribution in [0.1, 0.15) is 38.9 Å². The summed E-state index contributed by atoms with van der Waals surface area (Å²) in [6.45, 7) is 4.23. The Hall–Kier alpha value is -4.72. The number of carboxylic acid groups (broad SMARTS) is 1. The van der Waals surface area contributed by atoms with Gasteiger partial charge in [0.05, 0.1) is 26.0 Å². The first-order chi connectivity index (χ1) is 21.1. The molecule has 2 heterocycles. The molecule has 13 heteroatoms. The third kappa shape index (κ3) is 6.16. The van der Waals surface area contributed by atoms with Crippen molar-refractivity contribution >= 4 is 27.6 Å². The first-order valence-electron chi connectivity index (χ1n) is 13.9. The lowest BCUT2D eigenvalue weighted by Crippen LogP contribution is -2.40. The Bertz CT molecular complexity index is 1800. The molecule has 0 radical (unpaired) electrons. The fourth-order valence-electron chi connectivity index (χ4n) is 4.83. The number of amides is 1. The number of morpholine rings is 1. The molecular weight excluding hydrogens is 588 g/mol. The maximum atomic E-state index is 14.0. The number of anilines is 1. The predicted octanol–water partition coefficient (Wildman–Crippen LogP) is 4.52. The van der Waals surface area contributed by atoms with Crippen LogP contribution >= 0.6 is 0 Å². The zero-order chi connectivity index (χ0) is 31.4. The van der Waals surface area contributed by atoms with Crippen molar-refractivity contribution in [2.75, 3.05) is 38.7 Å². The van der Waals surface area contributed by atoms with Crippen LogP contribution < -0.4 is 14.8 Å². The normalized spacial score (nSPS) is 13.8. The molecule has 1 aliphatic rings. The zero-order valence-corrected chi connectivity index (χ0v) is 25.3. The lowest BCUT2D eigenvalue weighted by molar-refractivity contribution is 0.0689. The van der Waals surface area contributed by atoms with Crippen molar-refractivity contribution in [3.63, 3.8) is 0 Å². The minimum Gasteiger partial charge on any atom is -0.497 e. The van der Waals surface area contributed by atoms with Crippen LogP contribution in [0.3, 0.4) is 0 Å². The average molecular weight is 621 g/mol. The maximum Gasteiger partial charge on any atom is 0.356 e. The van der Waals surface area contributed by atoms with Crippen molar-refractivity contribution in [1.29, 1.82) is 0 Å². The Morgan fingerprint density at radius 3 is 2.41 bits per heavy atom. The van der Waals surface area contributed by atoms with Crippen molar-refractivity contribution in [3.8, 4) is 23.1 Å². The molecule has 0 spiro atoms. The lowest BCUT2D eigenvalue weighted by Gasteiger charge is -2.27. The second kappa shape index (κ2) is 12.9. The molecule has 1 aromatic heterocycles. The van der Waals surface area contributed by atoms with E-state index in [1.165, 1.54) is 34.3 Å². The molecule has 1 aliphatic heterocycles. The molecule has 1 saturated heterocycles. The van der Waals surface area contributed by atoms with Gasteiger partial charge in [-0.25, -0.2) is 13.2 Å². The summed E-state index contributed by atoms with van der Waals surface area (Å²) in [4.78, 5) is 24.9. The molecule has 1 amide bonds. The average Bonchev–Trinajstić information content (AvgIpc) is 3.37. The van der Waals surface area contributed by atoms with Crippen molar-refractivity contribution in [3.05, 3.63) is 89.1 Å². The van der Waals surface area contributed by atoms with E-state index in [9.17, 15) is 23.1 Å². The number of para-hydroxylation sites is 1. The van der Waals surface area contributed by atoms with Gasteiger partial charge in [-0.15, -0.1) is 0 Å². The Morgan fingerprint density at radius 2 is 1.75 bits per heavy atom. The SMILES string of the molecule is CCc1ccccc1-n1nc(C(=O)O)c(C)c1Oc1ccc(NC(=O)c2ccc(OC)cc2)cc1S(=O)(=O)N1CCOCC1. The number of carbonyl (C=O) groups is 2. The van der Waals surface area contributed by atoms with E-state index in [0.717, 1.165) is 5.56 Å². The number of benzene rings is 3. The van der Waals surface area contributed by atoms with Gasteiger partial charge in [0, 0.05) is 29.9 Å². The molecule has 230 valence electrons. The summed E-state index contributed by atoms with van der Waals surface area (Å²) in [5.41, 5.74) is 2.04. The van der Waals surface area contributed by atoms with E-state index in [-0.39, 0.29) is 59.8 Å². The van der Waals surface area contributed by atoms with Crippen LogP contribution in [0.2, 0.25) is 0 Å². The van der Waals surface area contributed by atoms with Gasteiger partial charge in [0.15, 0.2) is 5.69 Å². The number of carboxylic acids is 1. The van der Waals surface area contributed by atoms with Gasteiger partial charge in [0.1, 0.15) is 16.4 Å². The Kier molecular flexibility index (Phi) is 8.99. The van der Waals surface area contributed by atoms with E-state index in [1.54, 1.807) is 43.3 Å². The number of aromatic carboxylic acids is 1. The monoisotopic (exact) mass is 620 g/mol. The van der Waals surface area contributed by atoms with Crippen molar-refractivity contribution in [2.24, 2.45) is 0 Å². The zero-order valence-electron chi connectivity index (χ0n) is 24.4. The third-order valence-electron chi connectivity index (χ3n) is 7.22. The fraction of sp³-hybridized carbons (Fsp3) is 0.258. The molecule has 0 saturated carbocycles. The van der Waals surface area contributed by atoms with E-state index >= 15 is 0 Å². The van der Waals surface area contributed by atoms with Gasteiger partial charge in [-0.1, -0.05) is 25.1 Å². The van der Waals surface area contributed by atoms with Gasteiger partial charge < -0.3 is 24.6 Å². The van der Waals surface area contributed by atoms with Gasteiger partial charge in [0.2, 0.25) is 15.9 Å². The van der Waals surface area contributed by atoms with Gasteiger partial charge in [0.25, 0.3) is 5.91 Å². The van der Waals surface area contributed by atoms with Crippen LogP contribution in [0.25, 0.3) is 5.69 Å². The predicted molar refractivity (Wildman–Crippen MR) is 162 cm³/mol. The minimum absolute atomic E-state index is 0.0525. The molecule has 12 nitrogen and oxygen atoms in total. The minimum atomic E-state index is -4.14. The van der Waals surface area contributed by atoms with Crippen LogP contribution in [-0.2, 0) is 21.2 Å². The highest BCUT2D eigenvalue weighted by Crippen LogP contribution is 2.37. The number of rotatable bonds is 10. The van der Waals surface area contributed by atoms with Crippen molar-refractivity contribution < 1.29 is 37.3 Å². The van der Waals surface area contributed by atoms with Crippen LogP contribution in [0.4, 0.5) is 5.69 Å². The summed E-state index contributed by atoms with van der Waals surface area (Å²) in [5, 5.41) is 16.9. The van der Waals surface area contributed by atoms with Crippen LogP contribution in [-0.4, -0.2) is 72.9 Å². The van der Waals surface area contributed by atoms with Gasteiger partial charge in [-0.2, -0.15) is 14.1 Å². The first-order valence-corrected chi connectivity index (χ1v) is 15.3. The van der Waals surface area contributed by atoms with E-state index in [0.29, 0.717) is 23.4 Å². The summed E-state index contributed by atoms with van der Waals surface area (Å²) >= 11 is 0. The maximum absolute atomic E-state index is 14.0. The molecule has 0 atom stereocenters. The number of methoxy groups -OCH3 is 1. The number of hydrogen-bond acceptors (Lipinski definition) is 8. The Labute approximate surface area is 254 Å². The molecule has 0 unspecified atom stereocenters. The number of ether oxygens (including phenoxy) is 3. The Balaban J connectivity index is 1.59. The number of nitrogens with zero attached hydrogens (tertiary/aromatic N) is 3. The lowest BCUT2D eigenvalue weighted by atomic mass is 10.1. The van der Waals surface area contributed by atoms with Gasteiger partial charge >= 0.3 is 5.97 Å². The molecule has 0 aliphatic carbocycles. The number of carbonyl (C=O) groups excluding carboxylic acids is 1. The van der Waals surface area contributed by atoms with Crippen LogP contribution in [0, 0.1) is 6.92 Å². The molecule has 44 heavy (non-hydrogen) atoms. The van der Waals surface area contributed by atoms with E-state index in [1.807, 2.05) is 19.1 Å². The summed E-state index contributed by atoms with van der Waals surface area (Å²) < 4.78 is 47.4. The van der Waals surface area contributed by atoms with Crippen LogP contribution in [0.5, 0.6) is 17.4 Å². The van der Waals surface area contributed by atoms with E-state index < -0.39 is 21.9 Å². The molecule has 5 rings (SSSR count). The van der Waals surface area contributed by atoms with Gasteiger partial charge in [-0.3, -0.25) is 4.79 Å². The molecule has 3 aromatic carbocycles. The highest BCUT2D eigenvalue weighted by atomic mass is 32.2. The number of sulfonamides is 1. The number of nitrogens with one attached hydrogen (secondary N) is 1. The second-order valence-corrected chi connectivity index (χ2v) is 11.8. The van der Waals surface area contributed by atoms with E-state index in [4.69, 9.17) is 14.2 Å². The number of aryl methyl sites for hydroxylation is 1. The topological polar surface area (TPSA) is 149 Å². The van der Waals surface area contributed by atoms with Gasteiger partial charge in [-0.05, 0) is 67.4 Å². The van der Waals surface area contributed by atoms with E-state index in [2.05, 4.69) is 10.4 Å². The fourth-order valence-corrected chi connectivity index (χ4v) is 6.38. The molecule has 2 N–H and O–H groups in total. The Morgan fingerprint density at radius 1 is 1.05 bits per heavy atom. The molecule has 1 fully saturated rings. The smallest absolute Gasteiger partial charge is 0.356 e. The van der Waals surface area contributed by atoms with Crippen molar-refractivity contribution in [1.82, 2.24) is 14.1 Å². The third-order valence-corrected chi connectivity index (χ3v) is 9.14. The molecular formula is C31H32N4O8S. The molecule has 0 bridgehead atoms. The second-order valence-electron chi connectivity index (χ2n) is 9.94. The first kappa shape index (κ1) is 30.7. The summed E-state index contributed by atoms with van der Waals surface area (Å²) in [6, 6.07) is 18.1. The largest absolute Gasteiger partial charge is 0.497 e. The number of aromatic nitrogens is 2. The summed E-state index contributed by atoms with van der Waals surface area (Å²) in [5.74, 6) is -1.12. The highest BCUT2D eigenvalue weighted by Gasteiger charge is 2.32. The molecule has 4 aromatic rings. The van der Waals surface area contributed by atoms with Crippen molar-refractivity contribution in [2.45, 2.75) is 25.2 Å². The summed E-state index contributed by atoms with van der Waals surface area (Å²) in [7, 11) is -2.62. The van der Waals surface area contributed by atoms with Crippen LogP contribution in [0.15, 0.2) is 71.6 Å². The standard InChI is InChI=1S/C31H32N4O8S/c1-4-21-7-5-6-8-25(21)35-30(20(2)28(33-35)31(37)38)43-26-14-11-23(32-29(36)22-9-12-24(41-3)13-10-22)19-27(26)44(39,40)34-15-17-42-18-16-34/h5-14,19H,4,15-18H2,1-3H3,(H,32,36)(H,37,38). The summed E-state index contributed by atoms with van der Waals surface area (Å²) in [6.07, 6.45) is 0.635. The highest BCUT2D eigenvalue weighted by molar-refractivity contribution is 7.89.